The Hall–Kier alpha value is -1.46. The summed E-state index contributed by atoms with van der Waals surface area (Å²) in [6.45, 7) is 2.08. The summed E-state index contributed by atoms with van der Waals surface area (Å²) in [4.78, 5) is 13.1. The second-order valence-corrected chi connectivity index (χ2v) is 6.36. The van der Waals surface area contributed by atoms with Gasteiger partial charge in [0, 0.05) is 4.90 Å². The average Bonchev–Trinajstić information content (AvgIpc) is 2.54. The van der Waals surface area contributed by atoms with E-state index < -0.39 is 0 Å². The Morgan fingerprint density at radius 2 is 2.05 bits per heavy atom. The maximum absolute atomic E-state index is 12.0. The number of nitrogens with one attached hydrogen (secondary N) is 1. The molecule has 0 atom stereocenters. The molecule has 5 heteroatoms. The maximum atomic E-state index is 12.0. The predicted molar refractivity (Wildman–Crippen MR) is 95.9 cm³/mol. The first-order valence-corrected chi connectivity index (χ1v) is 9.00. The summed E-state index contributed by atoms with van der Waals surface area (Å²) in [5.74, 6) is 0.499. The van der Waals surface area contributed by atoms with Gasteiger partial charge in [-0.3, -0.25) is 4.79 Å². The molecule has 0 aromatic heterocycles. The number of amides is 1. The van der Waals surface area contributed by atoms with Crippen molar-refractivity contribution in [2.24, 2.45) is 0 Å². The lowest BCUT2D eigenvalue weighted by atomic mass is 10.2. The van der Waals surface area contributed by atoms with Crippen molar-refractivity contribution < 1.29 is 9.53 Å². The quantitative estimate of drug-likeness (QED) is 0.735. The summed E-state index contributed by atoms with van der Waals surface area (Å²) in [7, 11) is 0. The van der Waals surface area contributed by atoms with Crippen molar-refractivity contribution in [1.82, 2.24) is 0 Å². The number of hydrogen-bond acceptors (Lipinski definition) is 3. The summed E-state index contributed by atoms with van der Waals surface area (Å²) in [5.41, 5.74) is 2.03. The smallest absolute Gasteiger partial charge is 0.262 e. The molecule has 0 spiro atoms. The minimum Gasteiger partial charge on any atom is -0.483 e. The zero-order valence-corrected chi connectivity index (χ0v) is 15.0. The van der Waals surface area contributed by atoms with Crippen molar-refractivity contribution in [2.45, 2.75) is 18.2 Å². The minimum atomic E-state index is -0.173. The van der Waals surface area contributed by atoms with Crippen molar-refractivity contribution >= 4 is 39.3 Å². The number of benzene rings is 2. The highest BCUT2D eigenvalue weighted by Gasteiger charge is 2.08. The first-order valence-electron chi connectivity index (χ1n) is 6.98. The molecule has 2 rings (SSSR count). The number of rotatable bonds is 6. The van der Waals surface area contributed by atoms with Gasteiger partial charge in [-0.25, -0.2) is 0 Å². The molecule has 2 aromatic carbocycles. The van der Waals surface area contributed by atoms with Crippen molar-refractivity contribution in [3.8, 4) is 5.75 Å². The molecule has 0 fully saturated rings. The summed E-state index contributed by atoms with van der Waals surface area (Å²) in [5, 5.41) is 2.87. The van der Waals surface area contributed by atoms with Crippen molar-refractivity contribution in [1.29, 1.82) is 0 Å². The third-order valence-electron chi connectivity index (χ3n) is 3.14. The number of hydrogen-bond donors (Lipinski definition) is 1. The van der Waals surface area contributed by atoms with E-state index in [4.69, 9.17) is 4.74 Å². The molecule has 0 unspecified atom stereocenters. The molecule has 0 aliphatic carbocycles. The van der Waals surface area contributed by atoms with Gasteiger partial charge in [-0.1, -0.05) is 25.1 Å². The Bertz CT molecular complexity index is 661. The van der Waals surface area contributed by atoms with Crippen LogP contribution in [0.2, 0.25) is 0 Å². The summed E-state index contributed by atoms with van der Waals surface area (Å²) in [6.07, 6.45) is 2.94. The molecule has 22 heavy (non-hydrogen) atoms. The minimum absolute atomic E-state index is 0.0210. The fourth-order valence-corrected chi connectivity index (χ4v) is 3.05. The normalized spacial score (nSPS) is 10.3. The SMILES string of the molecule is CCc1ccc(OCC(=O)Nc2ccccc2SC)c(Br)c1. The van der Waals surface area contributed by atoms with E-state index in [2.05, 4.69) is 28.2 Å². The average molecular weight is 380 g/mol. The molecular formula is C17H18BrNO2S. The lowest BCUT2D eigenvalue weighted by Gasteiger charge is -2.11. The molecule has 2 aromatic rings. The Kier molecular flexibility index (Phi) is 6.34. The Morgan fingerprint density at radius 1 is 1.27 bits per heavy atom. The molecule has 0 aliphatic rings. The van der Waals surface area contributed by atoms with Gasteiger partial charge in [0.15, 0.2) is 6.61 Å². The lowest BCUT2D eigenvalue weighted by molar-refractivity contribution is -0.118. The van der Waals surface area contributed by atoms with Crippen LogP contribution in [0.1, 0.15) is 12.5 Å². The number of ether oxygens (including phenoxy) is 1. The van der Waals surface area contributed by atoms with Crippen LogP contribution < -0.4 is 10.1 Å². The second-order valence-electron chi connectivity index (χ2n) is 4.66. The van der Waals surface area contributed by atoms with E-state index in [1.54, 1.807) is 11.8 Å². The number of carbonyl (C=O) groups excluding carboxylic acids is 1. The number of aryl methyl sites for hydroxylation is 1. The van der Waals surface area contributed by atoms with Gasteiger partial charge in [0.2, 0.25) is 0 Å². The van der Waals surface area contributed by atoms with Gasteiger partial charge >= 0.3 is 0 Å². The molecule has 0 saturated carbocycles. The second kappa shape index (κ2) is 8.25. The van der Waals surface area contributed by atoms with Gasteiger partial charge in [-0.05, 0) is 58.4 Å². The monoisotopic (exact) mass is 379 g/mol. The van der Waals surface area contributed by atoms with Crippen LogP contribution in [0.3, 0.4) is 0 Å². The Labute approximate surface area is 143 Å². The van der Waals surface area contributed by atoms with E-state index in [0.717, 1.165) is 21.5 Å². The van der Waals surface area contributed by atoms with E-state index in [1.165, 1.54) is 5.56 Å². The van der Waals surface area contributed by atoms with Crippen LogP contribution >= 0.6 is 27.7 Å². The summed E-state index contributed by atoms with van der Waals surface area (Å²) in [6, 6.07) is 13.6. The third kappa shape index (κ3) is 4.52. The Balaban J connectivity index is 1.95. The van der Waals surface area contributed by atoms with E-state index in [9.17, 15) is 4.79 Å². The largest absolute Gasteiger partial charge is 0.483 e. The van der Waals surface area contributed by atoms with Crippen LogP contribution in [-0.2, 0) is 11.2 Å². The van der Waals surface area contributed by atoms with Crippen LogP contribution in [0.25, 0.3) is 0 Å². The lowest BCUT2D eigenvalue weighted by Crippen LogP contribution is -2.20. The fourth-order valence-electron chi connectivity index (χ4n) is 1.96. The molecule has 3 nitrogen and oxygen atoms in total. The third-order valence-corrected chi connectivity index (χ3v) is 4.56. The molecule has 0 radical (unpaired) electrons. The molecule has 1 amide bonds. The van der Waals surface area contributed by atoms with Gasteiger partial charge in [0.25, 0.3) is 5.91 Å². The number of thioether (sulfide) groups is 1. The van der Waals surface area contributed by atoms with Gasteiger partial charge < -0.3 is 10.1 Å². The number of anilines is 1. The van der Waals surface area contributed by atoms with Crippen molar-refractivity contribution in [3.63, 3.8) is 0 Å². The van der Waals surface area contributed by atoms with Gasteiger partial charge in [0.05, 0.1) is 10.2 Å². The molecule has 0 aliphatic heterocycles. The van der Waals surface area contributed by atoms with Gasteiger partial charge in [-0.2, -0.15) is 0 Å². The first-order chi connectivity index (χ1) is 10.6. The molecule has 0 saturated heterocycles. The highest BCUT2D eigenvalue weighted by Crippen LogP contribution is 2.27. The highest BCUT2D eigenvalue weighted by molar-refractivity contribution is 9.10. The molecule has 0 bridgehead atoms. The molecule has 1 N–H and O–H groups in total. The van der Waals surface area contributed by atoms with E-state index >= 15 is 0 Å². The highest BCUT2D eigenvalue weighted by atomic mass is 79.9. The Morgan fingerprint density at radius 3 is 2.73 bits per heavy atom. The number of para-hydroxylation sites is 1. The van der Waals surface area contributed by atoms with E-state index in [0.29, 0.717) is 5.75 Å². The van der Waals surface area contributed by atoms with Crippen LogP contribution in [0.5, 0.6) is 5.75 Å². The van der Waals surface area contributed by atoms with E-state index in [-0.39, 0.29) is 12.5 Å². The first kappa shape index (κ1) is 16.9. The summed E-state index contributed by atoms with van der Waals surface area (Å²) < 4.78 is 6.44. The van der Waals surface area contributed by atoms with Gasteiger partial charge in [-0.15, -0.1) is 11.8 Å². The fraction of sp³-hybridized carbons (Fsp3) is 0.235. The van der Waals surface area contributed by atoms with Crippen molar-refractivity contribution in [3.05, 3.63) is 52.5 Å². The zero-order chi connectivity index (χ0) is 15.9. The molecule has 0 heterocycles. The van der Waals surface area contributed by atoms with Crippen LogP contribution in [0.4, 0.5) is 5.69 Å². The number of carbonyl (C=O) groups is 1. The zero-order valence-electron chi connectivity index (χ0n) is 12.6. The predicted octanol–water partition coefficient (Wildman–Crippen LogP) is 4.75. The maximum Gasteiger partial charge on any atom is 0.262 e. The molecule has 116 valence electrons. The standard InChI is InChI=1S/C17H18BrNO2S/c1-3-12-8-9-15(13(18)10-12)21-11-17(20)19-14-6-4-5-7-16(14)22-2/h4-10H,3,11H2,1-2H3,(H,19,20). The molecular weight excluding hydrogens is 362 g/mol. The van der Waals surface area contributed by atoms with E-state index in [1.807, 2.05) is 48.7 Å². The summed E-state index contributed by atoms with van der Waals surface area (Å²) >= 11 is 5.06. The van der Waals surface area contributed by atoms with Gasteiger partial charge in [0.1, 0.15) is 5.75 Å². The number of halogens is 1. The van der Waals surface area contributed by atoms with Crippen LogP contribution in [-0.4, -0.2) is 18.8 Å². The van der Waals surface area contributed by atoms with Crippen molar-refractivity contribution in [2.75, 3.05) is 18.2 Å². The van der Waals surface area contributed by atoms with Crippen LogP contribution in [0, 0.1) is 0 Å². The van der Waals surface area contributed by atoms with Crippen LogP contribution in [0.15, 0.2) is 51.8 Å². The topological polar surface area (TPSA) is 38.3 Å².